The Kier molecular flexibility index (Phi) is 9.46. The van der Waals surface area contributed by atoms with Gasteiger partial charge in [0.15, 0.2) is 6.29 Å². The van der Waals surface area contributed by atoms with E-state index in [0.29, 0.717) is 11.5 Å². The standard InChI is InChI=1S/C8H8F2.C8H10.C6H12O2/c1-5-3-7(9)6(2)8(10)4-5;1-7-3-5-8(2)6-4-7;1-5-3-7-6(2)8-4-5/h3-4H,1-2H3;3-6H,1-2H3;5-6H,3-4H2,1-2H3. The molecule has 2 nitrogen and oxygen atoms in total. The summed E-state index contributed by atoms with van der Waals surface area (Å²) in [7, 11) is 0. The minimum absolute atomic E-state index is 0.0196. The molecule has 1 aliphatic heterocycles. The van der Waals surface area contributed by atoms with Crippen LogP contribution in [0.15, 0.2) is 36.4 Å². The fourth-order valence-electron chi connectivity index (χ4n) is 2.10. The van der Waals surface area contributed by atoms with E-state index in [1.165, 1.54) is 30.2 Å². The molecule has 2 aromatic carbocycles. The highest BCUT2D eigenvalue weighted by Crippen LogP contribution is 2.12. The Labute approximate surface area is 156 Å². The molecule has 1 aliphatic rings. The minimum Gasteiger partial charge on any atom is -0.353 e. The van der Waals surface area contributed by atoms with Crippen molar-refractivity contribution in [2.75, 3.05) is 13.2 Å². The van der Waals surface area contributed by atoms with Crippen LogP contribution in [0.2, 0.25) is 0 Å². The lowest BCUT2D eigenvalue weighted by Crippen LogP contribution is -2.27. The zero-order valence-corrected chi connectivity index (χ0v) is 16.6. The van der Waals surface area contributed by atoms with E-state index in [9.17, 15) is 8.78 Å². The molecule has 0 radical (unpaired) electrons. The molecule has 0 saturated carbocycles. The molecule has 4 heteroatoms. The van der Waals surface area contributed by atoms with Gasteiger partial charge < -0.3 is 9.47 Å². The third kappa shape index (κ3) is 8.54. The Balaban J connectivity index is 0.000000197. The van der Waals surface area contributed by atoms with Crippen LogP contribution in [-0.2, 0) is 9.47 Å². The van der Waals surface area contributed by atoms with Gasteiger partial charge in [0.05, 0.1) is 13.2 Å². The van der Waals surface area contributed by atoms with Crippen molar-refractivity contribution in [2.45, 2.75) is 47.8 Å². The van der Waals surface area contributed by atoms with Crippen LogP contribution in [0.25, 0.3) is 0 Å². The van der Waals surface area contributed by atoms with Crippen LogP contribution in [0, 0.1) is 45.2 Å². The van der Waals surface area contributed by atoms with Crippen LogP contribution < -0.4 is 0 Å². The summed E-state index contributed by atoms with van der Waals surface area (Å²) in [6.07, 6.45) is 0.0196. The molecule has 2 aromatic rings. The Morgan fingerprint density at radius 1 is 0.731 bits per heavy atom. The summed E-state index contributed by atoms with van der Waals surface area (Å²) < 4.78 is 35.5. The van der Waals surface area contributed by atoms with Crippen LogP contribution in [0.3, 0.4) is 0 Å². The summed E-state index contributed by atoms with van der Waals surface area (Å²) in [6, 6.07) is 11.1. The molecule has 0 atom stereocenters. The molecule has 0 spiro atoms. The quantitative estimate of drug-likeness (QED) is 0.579. The predicted molar refractivity (Wildman–Crippen MR) is 102 cm³/mol. The van der Waals surface area contributed by atoms with E-state index in [1.807, 2.05) is 6.92 Å². The maximum atomic E-state index is 12.6. The van der Waals surface area contributed by atoms with Crippen LogP contribution in [-0.4, -0.2) is 19.5 Å². The highest BCUT2D eigenvalue weighted by molar-refractivity contribution is 5.23. The smallest absolute Gasteiger partial charge is 0.154 e. The number of rotatable bonds is 0. The van der Waals surface area contributed by atoms with E-state index in [0.717, 1.165) is 13.2 Å². The van der Waals surface area contributed by atoms with Crippen LogP contribution >= 0.6 is 0 Å². The van der Waals surface area contributed by atoms with Gasteiger partial charge in [-0.3, -0.25) is 0 Å². The van der Waals surface area contributed by atoms with E-state index in [2.05, 4.69) is 45.0 Å². The minimum atomic E-state index is -0.475. The third-order valence-corrected chi connectivity index (χ3v) is 3.87. The van der Waals surface area contributed by atoms with Crippen molar-refractivity contribution in [3.8, 4) is 0 Å². The van der Waals surface area contributed by atoms with Gasteiger partial charge >= 0.3 is 0 Å². The van der Waals surface area contributed by atoms with E-state index in [1.54, 1.807) is 6.92 Å². The highest BCUT2D eigenvalue weighted by Gasteiger charge is 2.13. The summed E-state index contributed by atoms with van der Waals surface area (Å²) in [6.45, 7) is 13.0. The Morgan fingerprint density at radius 2 is 1.12 bits per heavy atom. The number of hydrogen-bond donors (Lipinski definition) is 0. The van der Waals surface area contributed by atoms with Crippen molar-refractivity contribution in [1.29, 1.82) is 0 Å². The summed E-state index contributed by atoms with van der Waals surface area (Å²) in [5.41, 5.74) is 3.36. The van der Waals surface area contributed by atoms with Crippen molar-refractivity contribution >= 4 is 0 Å². The fraction of sp³-hybridized carbons (Fsp3) is 0.455. The lowest BCUT2D eigenvalue weighted by atomic mass is 10.1. The molecule has 0 aliphatic carbocycles. The second kappa shape index (κ2) is 11.0. The molecule has 26 heavy (non-hydrogen) atoms. The number of ether oxygens (including phenoxy) is 2. The molecule has 0 N–H and O–H groups in total. The first kappa shape index (κ1) is 22.3. The first-order chi connectivity index (χ1) is 12.2. The average molecular weight is 364 g/mol. The van der Waals surface area contributed by atoms with Gasteiger partial charge in [0.25, 0.3) is 0 Å². The Bertz CT molecular complexity index is 606. The summed E-state index contributed by atoms with van der Waals surface area (Å²) in [4.78, 5) is 0. The van der Waals surface area contributed by atoms with Gasteiger partial charge in [-0.1, -0.05) is 42.3 Å². The molecule has 144 valence electrons. The predicted octanol–water partition coefficient (Wildman–Crippen LogP) is 5.90. The van der Waals surface area contributed by atoms with Gasteiger partial charge in [-0.2, -0.15) is 0 Å². The van der Waals surface area contributed by atoms with Crippen molar-refractivity contribution in [3.63, 3.8) is 0 Å². The Hall–Kier alpha value is -1.78. The largest absolute Gasteiger partial charge is 0.353 e. The van der Waals surface area contributed by atoms with Gasteiger partial charge in [-0.25, -0.2) is 8.78 Å². The first-order valence-corrected chi connectivity index (χ1v) is 8.87. The molecular weight excluding hydrogens is 334 g/mol. The normalized spacial score (nSPS) is 18.9. The number of aryl methyl sites for hydroxylation is 3. The van der Waals surface area contributed by atoms with E-state index in [-0.39, 0.29) is 11.9 Å². The summed E-state index contributed by atoms with van der Waals surface area (Å²) in [5, 5.41) is 0. The maximum Gasteiger partial charge on any atom is 0.154 e. The second-order valence-electron chi connectivity index (χ2n) is 6.85. The van der Waals surface area contributed by atoms with E-state index >= 15 is 0 Å². The molecule has 0 aromatic heterocycles. The van der Waals surface area contributed by atoms with Crippen molar-refractivity contribution in [2.24, 2.45) is 5.92 Å². The maximum absolute atomic E-state index is 12.6. The number of benzene rings is 2. The van der Waals surface area contributed by atoms with E-state index in [4.69, 9.17) is 9.47 Å². The van der Waals surface area contributed by atoms with Gasteiger partial charge in [0.1, 0.15) is 11.6 Å². The van der Waals surface area contributed by atoms with Gasteiger partial charge in [-0.05, 0) is 52.3 Å². The Morgan fingerprint density at radius 3 is 1.46 bits per heavy atom. The molecule has 0 bridgehead atoms. The lowest BCUT2D eigenvalue weighted by Gasteiger charge is -2.24. The SMILES string of the molecule is CC1COC(C)OC1.Cc1cc(F)c(C)c(F)c1.Cc1ccc(C)cc1. The second-order valence-corrected chi connectivity index (χ2v) is 6.85. The van der Waals surface area contributed by atoms with Crippen LogP contribution in [0.4, 0.5) is 8.78 Å². The third-order valence-electron chi connectivity index (χ3n) is 3.87. The average Bonchev–Trinajstić information content (AvgIpc) is 2.59. The van der Waals surface area contributed by atoms with Crippen molar-refractivity contribution < 1.29 is 18.3 Å². The summed E-state index contributed by atoms with van der Waals surface area (Å²) >= 11 is 0. The zero-order valence-electron chi connectivity index (χ0n) is 16.6. The van der Waals surface area contributed by atoms with Crippen molar-refractivity contribution in [3.05, 3.63) is 70.3 Å². The zero-order chi connectivity index (χ0) is 19.7. The molecule has 1 heterocycles. The lowest BCUT2D eigenvalue weighted by molar-refractivity contribution is -0.187. The fourth-order valence-corrected chi connectivity index (χ4v) is 2.10. The highest BCUT2D eigenvalue weighted by atomic mass is 19.1. The molecule has 1 fully saturated rings. The van der Waals surface area contributed by atoms with E-state index < -0.39 is 11.6 Å². The topological polar surface area (TPSA) is 18.5 Å². The van der Waals surface area contributed by atoms with Crippen LogP contribution in [0.1, 0.15) is 36.1 Å². The van der Waals surface area contributed by atoms with Gasteiger partial charge in [0, 0.05) is 11.5 Å². The van der Waals surface area contributed by atoms with Gasteiger partial charge in [-0.15, -0.1) is 0 Å². The molecule has 0 amide bonds. The molecule has 3 rings (SSSR count). The number of hydrogen-bond acceptors (Lipinski definition) is 2. The summed E-state index contributed by atoms with van der Waals surface area (Å²) in [5.74, 6) is -0.374. The van der Waals surface area contributed by atoms with Gasteiger partial charge in [0.2, 0.25) is 0 Å². The first-order valence-electron chi connectivity index (χ1n) is 8.87. The molecular formula is C22H30F2O2. The van der Waals surface area contributed by atoms with Crippen molar-refractivity contribution in [1.82, 2.24) is 0 Å². The molecule has 0 unspecified atom stereocenters. The molecule has 1 saturated heterocycles. The monoisotopic (exact) mass is 364 g/mol. The number of halogens is 2. The van der Waals surface area contributed by atoms with Crippen LogP contribution in [0.5, 0.6) is 0 Å².